The molecule has 1 aromatic heterocycles. The molecule has 3 rings (SSSR count). The highest BCUT2D eigenvalue weighted by atomic mass is 35.5. The number of aromatic nitrogens is 2. The maximum absolute atomic E-state index is 12.5. The second-order valence-electron chi connectivity index (χ2n) is 6.53. The van der Waals surface area contributed by atoms with Crippen molar-refractivity contribution in [1.29, 1.82) is 0 Å². The van der Waals surface area contributed by atoms with E-state index >= 15 is 0 Å². The van der Waals surface area contributed by atoms with Crippen LogP contribution in [0.1, 0.15) is 33.8 Å². The minimum Gasteiger partial charge on any atom is -0.356 e. The Morgan fingerprint density at radius 1 is 1.27 bits per heavy atom. The van der Waals surface area contributed by atoms with E-state index in [0.717, 1.165) is 29.9 Å². The van der Waals surface area contributed by atoms with Crippen molar-refractivity contribution < 1.29 is 9.59 Å². The monoisotopic (exact) mass is 392 g/mol. The summed E-state index contributed by atoms with van der Waals surface area (Å²) in [5, 5.41) is 7.57. The Balaban J connectivity index is 1.41. The van der Waals surface area contributed by atoms with E-state index in [0.29, 0.717) is 47.6 Å². The molecule has 0 radical (unpaired) electrons. The van der Waals surface area contributed by atoms with E-state index in [2.05, 4.69) is 14.9 Å². The zero-order valence-corrected chi connectivity index (χ0v) is 16.1. The molecule has 0 bridgehead atoms. The molecule has 1 N–H and O–H groups in total. The van der Waals surface area contributed by atoms with Crippen LogP contribution in [0.15, 0.2) is 24.3 Å². The molecule has 1 fully saturated rings. The van der Waals surface area contributed by atoms with E-state index in [-0.39, 0.29) is 11.8 Å². The van der Waals surface area contributed by atoms with Gasteiger partial charge in [0.15, 0.2) is 0 Å². The lowest BCUT2D eigenvalue weighted by molar-refractivity contribution is -0.120. The molecule has 26 heavy (non-hydrogen) atoms. The predicted molar refractivity (Wildman–Crippen MR) is 101 cm³/mol. The Kier molecular flexibility index (Phi) is 6.21. The van der Waals surface area contributed by atoms with Gasteiger partial charge in [-0.1, -0.05) is 28.2 Å². The van der Waals surface area contributed by atoms with Gasteiger partial charge < -0.3 is 10.2 Å². The number of aryl methyl sites for hydroxylation is 1. The highest BCUT2D eigenvalue weighted by molar-refractivity contribution is 7.07. The fourth-order valence-corrected chi connectivity index (χ4v) is 3.77. The van der Waals surface area contributed by atoms with Gasteiger partial charge in [-0.3, -0.25) is 9.59 Å². The number of benzene rings is 1. The third-order valence-corrected chi connectivity index (χ3v) is 5.68. The van der Waals surface area contributed by atoms with E-state index in [9.17, 15) is 9.59 Å². The van der Waals surface area contributed by atoms with Gasteiger partial charge in [0.1, 0.15) is 4.88 Å². The summed E-state index contributed by atoms with van der Waals surface area (Å²) < 4.78 is 3.83. The van der Waals surface area contributed by atoms with Crippen molar-refractivity contribution in [3.63, 3.8) is 0 Å². The molecular formula is C18H21ClN4O2S. The Hall–Kier alpha value is -1.99. The summed E-state index contributed by atoms with van der Waals surface area (Å²) in [4.78, 5) is 27.0. The van der Waals surface area contributed by atoms with Crippen LogP contribution in [0.5, 0.6) is 0 Å². The Labute approximate surface area is 161 Å². The number of nitrogens with zero attached hydrogens (tertiary/aromatic N) is 3. The molecule has 0 saturated carbocycles. The highest BCUT2D eigenvalue weighted by Gasteiger charge is 2.26. The number of piperidine rings is 1. The van der Waals surface area contributed by atoms with Crippen molar-refractivity contribution in [2.24, 2.45) is 5.92 Å². The summed E-state index contributed by atoms with van der Waals surface area (Å²) in [6, 6.07) is 7.30. The van der Waals surface area contributed by atoms with Crippen molar-refractivity contribution in [1.82, 2.24) is 19.8 Å². The van der Waals surface area contributed by atoms with Crippen LogP contribution in [-0.2, 0) is 11.2 Å². The second-order valence-corrected chi connectivity index (χ2v) is 7.72. The molecule has 0 unspecified atom stereocenters. The van der Waals surface area contributed by atoms with Crippen LogP contribution in [-0.4, -0.2) is 45.9 Å². The molecule has 0 aliphatic carbocycles. The average molecular weight is 393 g/mol. The first-order chi connectivity index (χ1) is 12.5. The van der Waals surface area contributed by atoms with Crippen LogP contribution in [0.25, 0.3) is 0 Å². The van der Waals surface area contributed by atoms with E-state index in [1.54, 1.807) is 19.1 Å². The molecule has 138 valence electrons. The number of nitrogens with one attached hydrogen (secondary N) is 1. The number of rotatable bonds is 5. The van der Waals surface area contributed by atoms with Gasteiger partial charge in [-0.2, -0.15) is 0 Å². The van der Waals surface area contributed by atoms with Crippen molar-refractivity contribution in [2.75, 3.05) is 19.6 Å². The Morgan fingerprint density at radius 3 is 2.58 bits per heavy atom. The zero-order valence-electron chi connectivity index (χ0n) is 14.6. The summed E-state index contributed by atoms with van der Waals surface area (Å²) in [7, 11) is 0. The summed E-state index contributed by atoms with van der Waals surface area (Å²) in [6.07, 6.45) is 2.13. The molecule has 1 aromatic carbocycles. The summed E-state index contributed by atoms with van der Waals surface area (Å²) in [5.74, 6) is 0.425. The standard InChI is InChI=1S/C18H21ClN4O2S/c1-12-17(26-22-21-12)18(25)23-8-6-14(7-9-23)11-20-16(24)10-13-2-4-15(19)5-3-13/h2-5,14H,6-11H2,1H3,(H,20,24). The number of amides is 2. The van der Waals surface area contributed by atoms with Gasteiger partial charge in [-0.15, -0.1) is 5.10 Å². The van der Waals surface area contributed by atoms with Crippen LogP contribution in [0.4, 0.5) is 0 Å². The lowest BCUT2D eigenvalue weighted by Gasteiger charge is -2.31. The zero-order chi connectivity index (χ0) is 18.5. The second kappa shape index (κ2) is 8.60. The minimum absolute atomic E-state index is 0.0113. The third-order valence-electron chi connectivity index (χ3n) is 4.61. The average Bonchev–Trinajstić information content (AvgIpc) is 3.08. The van der Waals surface area contributed by atoms with Crippen molar-refractivity contribution in [2.45, 2.75) is 26.2 Å². The third kappa shape index (κ3) is 4.80. The molecule has 2 heterocycles. The SMILES string of the molecule is Cc1nnsc1C(=O)N1CCC(CNC(=O)Cc2ccc(Cl)cc2)CC1. The number of hydrogen-bond acceptors (Lipinski definition) is 5. The highest BCUT2D eigenvalue weighted by Crippen LogP contribution is 2.20. The first-order valence-corrected chi connectivity index (χ1v) is 9.77. The molecule has 2 aromatic rings. The first-order valence-electron chi connectivity index (χ1n) is 8.62. The maximum atomic E-state index is 12.5. The van der Waals surface area contributed by atoms with E-state index in [1.807, 2.05) is 17.0 Å². The summed E-state index contributed by atoms with van der Waals surface area (Å²) in [5.41, 5.74) is 1.64. The Morgan fingerprint density at radius 2 is 1.96 bits per heavy atom. The van der Waals surface area contributed by atoms with Gasteiger partial charge in [-0.25, -0.2) is 0 Å². The maximum Gasteiger partial charge on any atom is 0.267 e. The fourth-order valence-electron chi connectivity index (χ4n) is 3.02. The molecule has 0 spiro atoms. The van der Waals surface area contributed by atoms with Crippen molar-refractivity contribution >= 4 is 34.9 Å². The number of halogens is 1. The molecule has 1 aliphatic heterocycles. The molecule has 1 saturated heterocycles. The molecule has 1 aliphatic rings. The molecule has 0 atom stereocenters. The molecule has 6 nitrogen and oxygen atoms in total. The Bertz CT molecular complexity index is 770. The number of carbonyl (C=O) groups excluding carboxylic acids is 2. The van der Waals surface area contributed by atoms with Crippen LogP contribution in [0.3, 0.4) is 0 Å². The summed E-state index contributed by atoms with van der Waals surface area (Å²) in [6.45, 7) is 3.86. The van der Waals surface area contributed by atoms with Gasteiger partial charge in [0, 0.05) is 24.7 Å². The number of hydrogen-bond donors (Lipinski definition) is 1. The van der Waals surface area contributed by atoms with Crippen molar-refractivity contribution in [3.05, 3.63) is 45.4 Å². The minimum atomic E-state index is 0.0113. The van der Waals surface area contributed by atoms with E-state index < -0.39 is 0 Å². The lowest BCUT2D eigenvalue weighted by atomic mass is 9.96. The van der Waals surface area contributed by atoms with Crippen LogP contribution >= 0.6 is 23.1 Å². The van der Waals surface area contributed by atoms with Crippen molar-refractivity contribution in [3.8, 4) is 0 Å². The molecule has 8 heteroatoms. The van der Waals surface area contributed by atoms with Gasteiger partial charge in [0.05, 0.1) is 12.1 Å². The van der Waals surface area contributed by atoms with Gasteiger partial charge in [-0.05, 0) is 54.9 Å². The first kappa shape index (κ1) is 18.8. The topological polar surface area (TPSA) is 75.2 Å². The van der Waals surface area contributed by atoms with Gasteiger partial charge >= 0.3 is 0 Å². The summed E-state index contributed by atoms with van der Waals surface area (Å²) >= 11 is 7.00. The molecular weight excluding hydrogens is 372 g/mol. The molecule has 2 amide bonds. The lowest BCUT2D eigenvalue weighted by Crippen LogP contribution is -2.41. The van der Waals surface area contributed by atoms with E-state index in [1.165, 1.54) is 0 Å². The van der Waals surface area contributed by atoms with Crippen LogP contribution in [0, 0.1) is 12.8 Å². The normalized spacial score (nSPS) is 15.1. The predicted octanol–water partition coefficient (Wildman–Crippen LogP) is 2.71. The number of carbonyl (C=O) groups is 2. The van der Waals surface area contributed by atoms with Crippen LogP contribution in [0.2, 0.25) is 5.02 Å². The van der Waals surface area contributed by atoms with Gasteiger partial charge in [0.2, 0.25) is 5.91 Å². The van der Waals surface area contributed by atoms with Gasteiger partial charge in [0.25, 0.3) is 5.91 Å². The van der Waals surface area contributed by atoms with E-state index in [4.69, 9.17) is 11.6 Å². The largest absolute Gasteiger partial charge is 0.356 e. The number of likely N-dealkylation sites (tertiary alicyclic amines) is 1. The van der Waals surface area contributed by atoms with Crippen LogP contribution < -0.4 is 5.32 Å². The smallest absolute Gasteiger partial charge is 0.267 e. The quantitative estimate of drug-likeness (QED) is 0.848. The fraction of sp³-hybridized carbons (Fsp3) is 0.444.